The standard InChI is InChI=1S/C12H7Br2FN2O/c13-8-1-7(2-9(14)3-8)12(18)17-11-4-10(15)5-16-6-11/h1-6H,(H,17,18). The van der Waals surface area contributed by atoms with Gasteiger partial charge in [-0.05, 0) is 18.2 Å². The summed E-state index contributed by atoms with van der Waals surface area (Å²) in [5.74, 6) is -0.826. The maximum Gasteiger partial charge on any atom is 0.255 e. The van der Waals surface area contributed by atoms with Crippen molar-refractivity contribution in [2.45, 2.75) is 0 Å². The first kappa shape index (κ1) is 13.2. The largest absolute Gasteiger partial charge is 0.320 e. The normalized spacial score (nSPS) is 10.2. The van der Waals surface area contributed by atoms with Crippen molar-refractivity contribution in [2.24, 2.45) is 0 Å². The lowest BCUT2D eigenvalue weighted by atomic mass is 10.2. The second kappa shape index (κ2) is 5.58. The average Bonchev–Trinajstić information content (AvgIpc) is 2.27. The first-order valence-electron chi connectivity index (χ1n) is 4.92. The fourth-order valence-corrected chi connectivity index (χ4v) is 2.66. The van der Waals surface area contributed by atoms with Gasteiger partial charge in [0.1, 0.15) is 5.82 Å². The van der Waals surface area contributed by atoms with E-state index < -0.39 is 5.82 Å². The summed E-state index contributed by atoms with van der Waals surface area (Å²) in [6.45, 7) is 0. The number of pyridine rings is 1. The zero-order valence-corrected chi connectivity index (χ0v) is 12.1. The SMILES string of the molecule is O=C(Nc1cncc(F)c1)c1cc(Br)cc(Br)c1. The molecule has 6 heteroatoms. The van der Waals surface area contributed by atoms with E-state index in [-0.39, 0.29) is 5.91 Å². The quantitative estimate of drug-likeness (QED) is 0.864. The molecular formula is C12H7Br2FN2O. The number of carbonyl (C=O) groups excluding carboxylic acids is 1. The molecule has 2 rings (SSSR count). The molecule has 1 aromatic heterocycles. The van der Waals surface area contributed by atoms with Crippen LogP contribution in [0.25, 0.3) is 0 Å². The summed E-state index contributed by atoms with van der Waals surface area (Å²) in [6.07, 6.45) is 2.46. The van der Waals surface area contributed by atoms with Gasteiger partial charge in [-0.2, -0.15) is 0 Å². The van der Waals surface area contributed by atoms with Crippen LogP contribution >= 0.6 is 31.9 Å². The predicted molar refractivity (Wildman–Crippen MR) is 74.0 cm³/mol. The summed E-state index contributed by atoms with van der Waals surface area (Å²) in [7, 11) is 0. The number of rotatable bonds is 2. The maximum absolute atomic E-state index is 12.9. The Morgan fingerprint density at radius 1 is 1.11 bits per heavy atom. The number of anilines is 1. The Kier molecular flexibility index (Phi) is 4.08. The molecule has 0 fully saturated rings. The fourth-order valence-electron chi connectivity index (χ4n) is 1.37. The number of hydrogen-bond donors (Lipinski definition) is 1. The van der Waals surface area contributed by atoms with E-state index >= 15 is 0 Å². The Morgan fingerprint density at radius 2 is 1.78 bits per heavy atom. The Bertz CT molecular complexity index is 584. The molecule has 0 aliphatic carbocycles. The Hall–Kier alpha value is -1.27. The molecule has 1 aromatic carbocycles. The van der Waals surface area contributed by atoms with Crippen LogP contribution in [0.1, 0.15) is 10.4 Å². The van der Waals surface area contributed by atoms with Crippen LogP contribution in [0, 0.1) is 5.82 Å². The van der Waals surface area contributed by atoms with Crippen molar-refractivity contribution in [3.05, 3.63) is 57.0 Å². The third-order valence-corrected chi connectivity index (χ3v) is 3.00. The van der Waals surface area contributed by atoms with Crippen molar-refractivity contribution in [1.82, 2.24) is 4.98 Å². The van der Waals surface area contributed by atoms with Gasteiger partial charge in [0.2, 0.25) is 0 Å². The lowest BCUT2D eigenvalue weighted by molar-refractivity contribution is 0.102. The topological polar surface area (TPSA) is 42.0 Å². The van der Waals surface area contributed by atoms with Crippen molar-refractivity contribution >= 4 is 43.5 Å². The Labute approximate surface area is 120 Å². The van der Waals surface area contributed by atoms with E-state index in [1.165, 1.54) is 12.3 Å². The minimum Gasteiger partial charge on any atom is -0.320 e. The number of halogens is 3. The number of benzene rings is 1. The van der Waals surface area contributed by atoms with Gasteiger partial charge in [0.05, 0.1) is 18.1 Å². The van der Waals surface area contributed by atoms with E-state index in [4.69, 9.17) is 0 Å². The molecule has 0 aliphatic heterocycles. The van der Waals surface area contributed by atoms with Crippen molar-refractivity contribution in [1.29, 1.82) is 0 Å². The van der Waals surface area contributed by atoms with E-state index in [0.717, 1.165) is 15.1 Å². The zero-order chi connectivity index (χ0) is 13.1. The Balaban J connectivity index is 2.22. The van der Waals surface area contributed by atoms with Crippen molar-refractivity contribution in [2.75, 3.05) is 5.32 Å². The summed E-state index contributed by atoms with van der Waals surface area (Å²) in [4.78, 5) is 15.6. The van der Waals surface area contributed by atoms with Crippen LogP contribution in [-0.4, -0.2) is 10.9 Å². The molecule has 0 saturated heterocycles. The number of nitrogens with zero attached hydrogens (tertiary/aromatic N) is 1. The van der Waals surface area contributed by atoms with E-state index in [1.807, 2.05) is 6.07 Å². The molecule has 0 saturated carbocycles. The van der Waals surface area contributed by atoms with E-state index in [9.17, 15) is 9.18 Å². The molecule has 1 heterocycles. The van der Waals surface area contributed by atoms with Gasteiger partial charge < -0.3 is 5.32 Å². The third-order valence-electron chi connectivity index (χ3n) is 2.09. The molecule has 0 atom stereocenters. The second-order valence-electron chi connectivity index (χ2n) is 3.50. The van der Waals surface area contributed by atoms with Crippen LogP contribution in [0.3, 0.4) is 0 Å². The predicted octanol–water partition coefficient (Wildman–Crippen LogP) is 4.00. The van der Waals surface area contributed by atoms with Gasteiger partial charge in [0, 0.05) is 20.6 Å². The highest BCUT2D eigenvalue weighted by Crippen LogP contribution is 2.21. The fraction of sp³-hybridized carbons (Fsp3) is 0. The van der Waals surface area contributed by atoms with Crippen LogP contribution < -0.4 is 5.32 Å². The minimum absolute atomic E-state index is 0.316. The number of nitrogens with one attached hydrogen (secondary N) is 1. The maximum atomic E-state index is 12.9. The smallest absolute Gasteiger partial charge is 0.255 e. The lowest BCUT2D eigenvalue weighted by Gasteiger charge is -2.06. The second-order valence-corrected chi connectivity index (χ2v) is 5.34. The number of amides is 1. The van der Waals surface area contributed by atoms with Gasteiger partial charge in [-0.3, -0.25) is 9.78 Å². The molecule has 1 amide bonds. The number of carbonyl (C=O) groups is 1. The molecule has 0 unspecified atom stereocenters. The van der Waals surface area contributed by atoms with Gasteiger partial charge in [-0.25, -0.2) is 4.39 Å². The van der Waals surface area contributed by atoms with Crippen molar-refractivity contribution < 1.29 is 9.18 Å². The van der Waals surface area contributed by atoms with Gasteiger partial charge in [-0.15, -0.1) is 0 Å². The minimum atomic E-state index is -0.497. The summed E-state index contributed by atoms with van der Waals surface area (Å²) < 4.78 is 14.5. The number of hydrogen-bond acceptors (Lipinski definition) is 2. The molecular weight excluding hydrogens is 367 g/mol. The van der Waals surface area contributed by atoms with Crippen LogP contribution in [0.2, 0.25) is 0 Å². The van der Waals surface area contributed by atoms with E-state index in [1.54, 1.807) is 12.1 Å². The van der Waals surface area contributed by atoms with Crippen molar-refractivity contribution in [3.8, 4) is 0 Å². The highest BCUT2D eigenvalue weighted by Gasteiger charge is 2.08. The molecule has 0 radical (unpaired) electrons. The molecule has 18 heavy (non-hydrogen) atoms. The van der Waals surface area contributed by atoms with Gasteiger partial charge in [0.25, 0.3) is 5.91 Å². The van der Waals surface area contributed by atoms with E-state index in [2.05, 4.69) is 42.2 Å². The van der Waals surface area contributed by atoms with Gasteiger partial charge >= 0.3 is 0 Å². The summed E-state index contributed by atoms with van der Waals surface area (Å²) in [5, 5.41) is 2.57. The monoisotopic (exact) mass is 372 g/mol. The third kappa shape index (κ3) is 3.36. The van der Waals surface area contributed by atoms with Crippen LogP contribution in [-0.2, 0) is 0 Å². The summed E-state index contributed by atoms with van der Waals surface area (Å²) >= 11 is 6.59. The van der Waals surface area contributed by atoms with Crippen LogP contribution in [0.15, 0.2) is 45.6 Å². The molecule has 0 bridgehead atoms. The lowest BCUT2D eigenvalue weighted by Crippen LogP contribution is -2.12. The average molecular weight is 374 g/mol. The molecule has 3 nitrogen and oxygen atoms in total. The van der Waals surface area contributed by atoms with Crippen molar-refractivity contribution in [3.63, 3.8) is 0 Å². The van der Waals surface area contributed by atoms with Crippen LogP contribution in [0.4, 0.5) is 10.1 Å². The summed E-state index contributed by atoms with van der Waals surface area (Å²) in [6, 6.07) is 6.37. The van der Waals surface area contributed by atoms with E-state index in [0.29, 0.717) is 11.3 Å². The first-order valence-corrected chi connectivity index (χ1v) is 6.51. The molecule has 0 aliphatic rings. The first-order chi connectivity index (χ1) is 8.54. The summed E-state index contributed by atoms with van der Waals surface area (Å²) in [5.41, 5.74) is 0.775. The van der Waals surface area contributed by atoms with Gasteiger partial charge in [-0.1, -0.05) is 31.9 Å². The zero-order valence-electron chi connectivity index (χ0n) is 8.95. The molecule has 92 valence electrons. The number of aromatic nitrogens is 1. The molecule has 1 N–H and O–H groups in total. The molecule has 2 aromatic rings. The highest BCUT2D eigenvalue weighted by molar-refractivity contribution is 9.11. The van der Waals surface area contributed by atoms with Crippen LogP contribution in [0.5, 0.6) is 0 Å². The van der Waals surface area contributed by atoms with Gasteiger partial charge in [0.15, 0.2) is 0 Å². The molecule has 0 spiro atoms. The Morgan fingerprint density at radius 3 is 2.39 bits per heavy atom. The highest BCUT2D eigenvalue weighted by atomic mass is 79.9.